The first-order valence-electron chi connectivity index (χ1n) is 4.78. The molecule has 0 aliphatic rings. The third kappa shape index (κ3) is 4.03. The van der Waals surface area contributed by atoms with E-state index < -0.39 is 37.3 Å². The van der Waals surface area contributed by atoms with Crippen molar-refractivity contribution in [3.63, 3.8) is 0 Å². The third-order valence-electron chi connectivity index (χ3n) is 2.29. The van der Waals surface area contributed by atoms with E-state index in [2.05, 4.69) is 0 Å². The number of hydrogen-bond acceptors (Lipinski definition) is 5. The predicted octanol–water partition coefficient (Wildman–Crippen LogP) is 0.212. The monoisotopic (exact) mass is 296 g/mol. The lowest BCUT2D eigenvalue weighted by molar-refractivity contribution is 0.220. The SMILES string of the molecule is O=S(=O)(O)C(O)CC(c1ccccc1)S(=O)(=O)O. The average Bonchev–Trinajstić information content (AvgIpc) is 2.23. The average molecular weight is 296 g/mol. The molecule has 1 rings (SSSR count). The molecule has 0 saturated carbocycles. The van der Waals surface area contributed by atoms with E-state index in [4.69, 9.17) is 14.2 Å². The van der Waals surface area contributed by atoms with E-state index >= 15 is 0 Å². The van der Waals surface area contributed by atoms with E-state index in [1.165, 1.54) is 24.3 Å². The van der Waals surface area contributed by atoms with Crippen LogP contribution in [0.5, 0.6) is 0 Å². The molecule has 0 aliphatic heterocycles. The summed E-state index contributed by atoms with van der Waals surface area (Å²) in [4.78, 5) is 0. The topological polar surface area (TPSA) is 129 Å². The maximum atomic E-state index is 11.2. The Kier molecular flexibility index (Phi) is 4.46. The minimum Gasteiger partial charge on any atom is -0.375 e. The van der Waals surface area contributed by atoms with Gasteiger partial charge in [-0.15, -0.1) is 0 Å². The molecular weight excluding hydrogens is 284 g/mol. The summed E-state index contributed by atoms with van der Waals surface area (Å²) in [5, 5.41) is 7.54. The summed E-state index contributed by atoms with van der Waals surface area (Å²) >= 11 is 0. The number of hydrogen-bond donors (Lipinski definition) is 3. The number of rotatable bonds is 5. The Hall–Kier alpha value is -1.00. The van der Waals surface area contributed by atoms with Gasteiger partial charge in [0, 0.05) is 6.42 Å². The molecule has 0 spiro atoms. The summed E-state index contributed by atoms with van der Waals surface area (Å²) in [6.07, 6.45) is -0.859. The van der Waals surface area contributed by atoms with E-state index in [0.29, 0.717) is 0 Å². The first-order chi connectivity index (χ1) is 8.12. The zero-order chi connectivity index (χ0) is 14.0. The molecule has 0 heterocycles. The van der Waals surface area contributed by atoms with Gasteiger partial charge in [-0.2, -0.15) is 16.8 Å². The molecule has 1 aromatic carbocycles. The lowest BCUT2D eigenvalue weighted by atomic mass is 10.1. The summed E-state index contributed by atoms with van der Waals surface area (Å²) in [5.74, 6) is 0. The molecule has 0 radical (unpaired) electrons. The molecule has 2 unspecified atom stereocenters. The Balaban J connectivity index is 3.11. The fourth-order valence-electron chi connectivity index (χ4n) is 1.40. The van der Waals surface area contributed by atoms with E-state index in [9.17, 15) is 16.8 Å². The highest BCUT2D eigenvalue weighted by molar-refractivity contribution is 7.87. The molecule has 2 atom stereocenters. The zero-order valence-corrected chi connectivity index (χ0v) is 10.7. The normalized spacial score (nSPS) is 16.2. The fourth-order valence-corrected chi connectivity index (χ4v) is 2.89. The van der Waals surface area contributed by atoms with Crippen LogP contribution < -0.4 is 0 Å². The number of aliphatic hydroxyl groups is 1. The Morgan fingerprint density at radius 2 is 1.44 bits per heavy atom. The molecule has 0 aromatic heterocycles. The Bertz CT molecular complexity index is 591. The zero-order valence-electron chi connectivity index (χ0n) is 9.04. The van der Waals surface area contributed by atoms with E-state index in [1.54, 1.807) is 6.07 Å². The Morgan fingerprint density at radius 3 is 1.83 bits per heavy atom. The highest BCUT2D eigenvalue weighted by Crippen LogP contribution is 2.27. The fraction of sp³-hybridized carbons (Fsp3) is 0.333. The molecule has 0 bridgehead atoms. The van der Waals surface area contributed by atoms with Crippen molar-refractivity contribution in [3.8, 4) is 0 Å². The van der Waals surface area contributed by atoms with Crippen LogP contribution >= 0.6 is 0 Å². The van der Waals surface area contributed by atoms with Crippen molar-refractivity contribution in [3.05, 3.63) is 35.9 Å². The van der Waals surface area contributed by atoms with Crippen molar-refractivity contribution in [1.82, 2.24) is 0 Å². The van der Waals surface area contributed by atoms with Gasteiger partial charge in [0.05, 0.1) is 0 Å². The quantitative estimate of drug-likeness (QED) is 0.662. The number of aliphatic hydroxyl groups excluding tert-OH is 1. The first-order valence-corrected chi connectivity index (χ1v) is 7.78. The van der Waals surface area contributed by atoms with Crippen molar-refractivity contribution in [1.29, 1.82) is 0 Å². The summed E-state index contributed by atoms with van der Waals surface area (Å²) < 4.78 is 61.3. The second-order valence-electron chi connectivity index (χ2n) is 3.62. The molecule has 0 saturated heterocycles. The third-order valence-corrected chi connectivity index (χ3v) is 4.35. The summed E-state index contributed by atoms with van der Waals surface area (Å²) in [7, 11) is -9.40. The minimum absolute atomic E-state index is 0.114. The molecule has 1 aromatic rings. The Labute approximate surface area is 105 Å². The molecule has 3 N–H and O–H groups in total. The van der Waals surface area contributed by atoms with Gasteiger partial charge in [0.2, 0.25) is 0 Å². The van der Waals surface area contributed by atoms with Gasteiger partial charge >= 0.3 is 0 Å². The highest BCUT2D eigenvalue weighted by atomic mass is 32.2. The van der Waals surface area contributed by atoms with E-state index in [-0.39, 0.29) is 5.56 Å². The molecule has 18 heavy (non-hydrogen) atoms. The van der Waals surface area contributed by atoms with Crippen LogP contribution in [0.4, 0.5) is 0 Å². The molecule has 0 amide bonds. The van der Waals surface area contributed by atoms with Gasteiger partial charge in [-0.1, -0.05) is 30.3 Å². The largest absolute Gasteiger partial charge is 0.375 e. The molecular formula is C9H12O7S2. The van der Waals surface area contributed by atoms with Gasteiger partial charge in [0.1, 0.15) is 5.25 Å². The standard InChI is InChI=1S/C9H12O7S2/c10-9(18(14,15)16)6-8(17(11,12)13)7-4-2-1-3-5-7/h1-5,8-10H,6H2,(H,11,12,13)(H,14,15,16). The summed E-state index contributed by atoms with van der Waals surface area (Å²) in [5.41, 5.74) is -2.17. The first kappa shape index (κ1) is 15.1. The highest BCUT2D eigenvalue weighted by Gasteiger charge is 2.32. The van der Waals surface area contributed by atoms with Crippen LogP contribution in [0.2, 0.25) is 0 Å². The van der Waals surface area contributed by atoms with Crippen LogP contribution in [-0.4, -0.2) is 36.5 Å². The number of benzene rings is 1. The van der Waals surface area contributed by atoms with Crippen LogP contribution in [0.3, 0.4) is 0 Å². The van der Waals surface area contributed by atoms with E-state index in [0.717, 1.165) is 0 Å². The van der Waals surface area contributed by atoms with Crippen LogP contribution in [0, 0.1) is 0 Å². The lowest BCUT2D eigenvalue weighted by Crippen LogP contribution is -2.25. The smallest absolute Gasteiger partial charge is 0.292 e. The maximum Gasteiger partial charge on any atom is 0.292 e. The molecule has 0 fully saturated rings. The minimum atomic E-state index is -4.79. The lowest BCUT2D eigenvalue weighted by Gasteiger charge is -2.16. The predicted molar refractivity (Wildman–Crippen MR) is 62.9 cm³/mol. The summed E-state index contributed by atoms with van der Waals surface area (Å²) in [6, 6.07) is 7.30. The van der Waals surface area contributed by atoms with Crippen LogP contribution in [0.25, 0.3) is 0 Å². The van der Waals surface area contributed by atoms with Crippen LogP contribution in [0.15, 0.2) is 30.3 Å². The van der Waals surface area contributed by atoms with Crippen molar-refractivity contribution in [2.24, 2.45) is 0 Å². The van der Waals surface area contributed by atoms with Crippen LogP contribution in [-0.2, 0) is 20.2 Å². The van der Waals surface area contributed by atoms with Gasteiger partial charge in [0.25, 0.3) is 20.2 Å². The summed E-state index contributed by atoms with van der Waals surface area (Å²) in [6.45, 7) is 0. The molecule has 102 valence electrons. The van der Waals surface area contributed by atoms with Crippen LogP contribution in [0.1, 0.15) is 17.2 Å². The second kappa shape index (κ2) is 5.33. The van der Waals surface area contributed by atoms with Crippen molar-refractivity contribution >= 4 is 20.2 Å². The van der Waals surface area contributed by atoms with Gasteiger partial charge in [0.15, 0.2) is 5.44 Å². The van der Waals surface area contributed by atoms with Gasteiger partial charge < -0.3 is 5.11 Å². The van der Waals surface area contributed by atoms with Crippen molar-refractivity contribution in [2.45, 2.75) is 17.1 Å². The van der Waals surface area contributed by atoms with E-state index in [1.807, 2.05) is 0 Å². The molecule has 7 nitrogen and oxygen atoms in total. The van der Waals surface area contributed by atoms with Crippen molar-refractivity contribution in [2.75, 3.05) is 0 Å². The van der Waals surface area contributed by atoms with Gasteiger partial charge in [-0.05, 0) is 5.56 Å². The second-order valence-corrected chi connectivity index (χ2v) is 6.79. The molecule has 0 aliphatic carbocycles. The Morgan fingerprint density at radius 1 is 0.944 bits per heavy atom. The maximum absolute atomic E-state index is 11.2. The van der Waals surface area contributed by atoms with Gasteiger partial charge in [-0.3, -0.25) is 9.11 Å². The van der Waals surface area contributed by atoms with Gasteiger partial charge in [-0.25, -0.2) is 0 Å². The van der Waals surface area contributed by atoms with Crippen molar-refractivity contribution < 1.29 is 31.0 Å². The molecule has 9 heteroatoms.